The summed E-state index contributed by atoms with van der Waals surface area (Å²) < 4.78 is 9.79. The lowest BCUT2D eigenvalue weighted by atomic mass is 10.0. The van der Waals surface area contributed by atoms with E-state index in [1.54, 1.807) is 18.0 Å². The molecule has 0 unspecified atom stereocenters. The molecule has 4 atom stereocenters. The number of aromatic nitrogens is 4. The number of hydrogen-bond acceptors (Lipinski definition) is 8. The lowest BCUT2D eigenvalue weighted by Crippen LogP contribution is -2.51. The minimum Gasteiger partial charge on any atom is -0.453 e. The second kappa shape index (κ2) is 22.8. The smallest absolute Gasteiger partial charge is 0.407 e. The fraction of sp³-hybridized carbons (Fsp3) is 0.463. The number of rotatable bonds is 10. The molecule has 2 saturated heterocycles. The van der Waals surface area contributed by atoms with E-state index in [0.717, 1.165) is 59.1 Å². The number of nitrogens with one attached hydrogen (secondary N) is 4. The molecule has 4 heterocycles. The first-order chi connectivity index (χ1) is 26.5. The zero-order valence-corrected chi connectivity index (χ0v) is 38.3. The molecular weight excluding hydrogens is 829 g/mol. The van der Waals surface area contributed by atoms with Crippen LogP contribution >= 0.6 is 54.0 Å². The Morgan fingerprint density at radius 1 is 0.780 bits per heavy atom. The van der Waals surface area contributed by atoms with E-state index in [-0.39, 0.29) is 96.3 Å². The Balaban J connectivity index is 0.00000300. The van der Waals surface area contributed by atoms with Crippen LogP contribution in [-0.2, 0) is 19.1 Å². The number of fused-ring (bicyclic) bond motifs is 1. The zero-order valence-electron chi connectivity index (χ0n) is 34.3. The van der Waals surface area contributed by atoms with Crippen LogP contribution in [0.3, 0.4) is 0 Å². The maximum absolute atomic E-state index is 13.6. The molecule has 4 aromatic rings. The monoisotopic (exact) mass is 886 g/mol. The second-order valence-corrected chi connectivity index (χ2v) is 14.7. The third-order valence-electron chi connectivity index (χ3n) is 10.2. The van der Waals surface area contributed by atoms with Crippen molar-refractivity contribution in [3.8, 4) is 23.1 Å². The first-order valence-electron chi connectivity index (χ1n) is 19.0. The third kappa shape index (κ3) is 11.9. The molecule has 0 aliphatic carbocycles. The first kappa shape index (κ1) is 50.7. The highest BCUT2D eigenvalue weighted by Crippen LogP contribution is 2.34. The molecule has 6 rings (SSSR count). The van der Waals surface area contributed by atoms with Crippen molar-refractivity contribution >= 4 is 89.0 Å². The largest absolute Gasteiger partial charge is 0.453 e. The van der Waals surface area contributed by atoms with Crippen molar-refractivity contribution in [1.29, 1.82) is 0 Å². The lowest BCUT2D eigenvalue weighted by molar-refractivity contribution is -0.136. The number of ether oxygens (including phenoxy) is 2. The van der Waals surface area contributed by atoms with E-state index in [1.165, 1.54) is 7.11 Å². The molecule has 2 aliphatic heterocycles. The molecule has 4 amide bonds. The van der Waals surface area contributed by atoms with Crippen molar-refractivity contribution in [3.05, 3.63) is 71.4 Å². The van der Waals surface area contributed by atoms with Gasteiger partial charge in [0.25, 0.3) is 0 Å². The number of methoxy groups -OCH3 is 1. The maximum Gasteiger partial charge on any atom is 0.407 e. The highest BCUT2D eigenvalue weighted by molar-refractivity contribution is 7.59. The SMILES string of the molecule is CCOC(=O)N[C@H](C(=O)N1CCC[C@H]1c1nc2ccc(C#Cc3ccc(-c4cnc([C@@H]5CCCN5C(=O)[C@@H](NC(=O)OC)C(C)C)[nH]4)cc3)cc2[nH]1)C(C)C.S.S.S.S. The Morgan fingerprint density at radius 2 is 1.32 bits per heavy atom. The van der Waals surface area contributed by atoms with E-state index < -0.39 is 24.3 Å². The number of benzene rings is 2. The summed E-state index contributed by atoms with van der Waals surface area (Å²) in [5, 5.41) is 5.43. The van der Waals surface area contributed by atoms with Crippen molar-refractivity contribution in [2.45, 2.75) is 84.5 Å². The van der Waals surface area contributed by atoms with Gasteiger partial charge in [0.2, 0.25) is 11.8 Å². The molecule has 0 radical (unpaired) electrons. The first-order valence-corrected chi connectivity index (χ1v) is 19.0. The lowest BCUT2D eigenvalue weighted by Gasteiger charge is -2.30. The van der Waals surface area contributed by atoms with Crippen LogP contribution in [-0.4, -0.2) is 92.6 Å². The molecule has 2 aromatic heterocycles. The van der Waals surface area contributed by atoms with Crippen molar-refractivity contribution in [2.75, 3.05) is 26.8 Å². The van der Waals surface area contributed by atoms with Gasteiger partial charge in [0, 0.05) is 24.2 Å². The van der Waals surface area contributed by atoms with Gasteiger partial charge < -0.3 is 39.9 Å². The van der Waals surface area contributed by atoms with Gasteiger partial charge >= 0.3 is 12.2 Å². The molecule has 14 nitrogen and oxygen atoms in total. The van der Waals surface area contributed by atoms with Gasteiger partial charge in [0.05, 0.1) is 48.7 Å². The van der Waals surface area contributed by atoms with Crippen LogP contribution in [0.5, 0.6) is 0 Å². The number of alkyl carbamates (subject to hydrolysis) is 2. The molecule has 0 saturated carbocycles. The number of likely N-dealkylation sites (tertiary alicyclic amines) is 2. The maximum atomic E-state index is 13.6. The highest BCUT2D eigenvalue weighted by atomic mass is 32.1. The van der Waals surface area contributed by atoms with Crippen LogP contribution in [0.25, 0.3) is 22.3 Å². The third-order valence-corrected chi connectivity index (χ3v) is 10.2. The second-order valence-electron chi connectivity index (χ2n) is 14.7. The van der Waals surface area contributed by atoms with E-state index in [0.29, 0.717) is 24.7 Å². The Labute approximate surface area is 373 Å². The number of carbonyl (C=O) groups excluding carboxylic acids is 4. The van der Waals surface area contributed by atoms with Gasteiger partial charge in [-0.3, -0.25) is 9.59 Å². The summed E-state index contributed by atoms with van der Waals surface area (Å²) in [6.07, 6.45) is 3.78. The molecule has 59 heavy (non-hydrogen) atoms. The van der Waals surface area contributed by atoms with Crippen LogP contribution in [0.2, 0.25) is 0 Å². The van der Waals surface area contributed by atoms with Gasteiger partial charge in [-0.1, -0.05) is 51.7 Å². The Kier molecular flexibility index (Phi) is 19.6. The molecule has 0 bridgehead atoms. The summed E-state index contributed by atoms with van der Waals surface area (Å²) in [5.41, 5.74) is 5.06. The molecule has 2 aromatic carbocycles. The number of hydrogen-bond donors (Lipinski definition) is 4. The standard InChI is InChI=1S/C41H50N8O6.4H2S/c1-7-55-41(53)47-35(25(4)5)39(51)49-21-9-11-33(49)37-43-29-19-16-27(22-30(29)44-37)13-12-26-14-17-28(18-15-26)31-23-42-36(45-31)32-10-8-20-48(32)38(50)34(24(2)3)46-40(52)54-6;;;;/h14-19,22-25,32-35H,7-11,20-21H2,1-6H3,(H,42,45)(H,43,44)(H,46,52)(H,47,53);4*1H2/t32-,33-,34-,35-;;;;/m0..../s1. The van der Waals surface area contributed by atoms with Crippen LogP contribution < -0.4 is 10.6 Å². The van der Waals surface area contributed by atoms with E-state index in [4.69, 9.17) is 14.5 Å². The Morgan fingerprint density at radius 3 is 1.88 bits per heavy atom. The van der Waals surface area contributed by atoms with Crippen molar-refractivity contribution in [1.82, 2.24) is 40.4 Å². The van der Waals surface area contributed by atoms with Gasteiger partial charge in [-0.05, 0) is 80.3 Å². The van der Waals surface area contributed by atoms with Crippen LogP contribution in [0.15, 0.2) is 48.7 Å². The Bertz CT molecular complexity index is 2100. The molecule has 18 heteroatoms. The van der Waals surface area contributed by atoms with Gasteiger partial charge in [0.15, 0.2) is 0 Å². The van der Waals surface area contributed by atoms with Crippen molar-refractivity contribution in [3.63, 3.8) is 0 Å². The summed E-state index contributed by atoms with van der Waals surface area (Å²) in [6, 6.07) is 11.9. The van der Waals surface area contributed by atoms with Gasteiger partial charge in [-0.15, -0.1) is 0 Å². The summed E-state index contributed by atoms with van der Waals surface area (Å²) in [7, 11) is 1.28. The van der Waals surface area contributed by atoms with Crippen LogP contribution in [0.4, 0.5) is 9.59 Å². The number of imidazole rings is 2. The van der Waals surface area contributed by atoms with Crippen molar-refractivity contribution < 1.29 is 28.7 Å². The number of H-pyrrole nitrogens is 2. The number of aromatic amines is 2. The predicted molar refractivity (Wildman–Crippen MR) is 248 cm³/mol. The predicted octanol–water partition coefficient (Wildman–Crippen LogP) is 6.28. The van der Waals surface area contributed by atoms with E-state index >= 15 is 0 Å². The molecule has 322 valence electrons. The summed E-state index contributed by atoms with van der Waals surface area (Å²) in [4.78, 5) is 71.1. The molecule has 0 spiro atoms. The van der Waals surface area contributed by atoms with Crippen LogP contribution in [0.1, 0.15) is 95.2 Å². The summed E-state index contributed by atoms with van der Waals surface area (Å²) in [6.45, 7) is 10.7. The van der Waals surface area contributed by atoms with Gasteiger partial charge in [-0.25, -0.2) is 19.6 Å². The van der Waals surface area contributed by atoms with Gasteiger partial charge in [-0.2, -0.15) is 54.0 Å². The fourth-order valence-electron chi connectivity index (χ4n) is 7.29. The normalized spacial score (nSPS) is 16.7. The minimum atomic E-state index is -0.695. The van der Waals surface area contributed by atoms with Crippen molar-refractivity contribution in [2.24, 2.45) is 11.8 Å². The molecule has 2 aliphatic rings. The zero-order chi connectivity index (χ0) is 39.2. The van der Waals surface area contributed by atoms with Gasteiger partial charge in [0.1, 0.15) is 23.7 Å². The van der Waals surface area contributed by atoms with E-state index in [2.05, 4.69) is 37.4 Å². The highest BCUT2D eigenvalue weighted by Gasteiger charge is 2.39. The minimum absolute atomic E-state index is 0. The molecule has 2 fully saturated rings. The molecular formula is C41H58N8O6S4. The Hall–Kier alpha value is -4.44. The summed E-state index contributed by atoms with van der Waals surface area (Å²) in [5.74, 6) is 7.42. The van der Waals surface area contributed by atoms with E-state index in [1.807, 2.05) is 75.1 Å². The molecule has 4 N–H and O–H groups in total. The van der Waals surface area contributed by atoms with Crippen LogP contribution in [0, 0.1) is 23.7 Å². The quantitative estimate of drug-likeness (QED) is 0.135. The topological polar surface area (TPSA) is 175 Å². The van der Waals surface area contributed by atoms with E-state index in [9.17, 15) is 19.2 Å². The number of nitrogens with zero attached hydrogens (tertiary/aromatic N) is 4. The number of carbonyl (C=O) groups is 4. The number of amides is 4. The average molecular weight is 887 g/mol. The fourth-order valence-corrected chi connectivity index (χ4v) is 7.29. The summed E-state index contributed by atoms with van der Waals surface area (Å²) >= 11 is 0. The average Bonchev–Trinajstić information content (AvgIpc) is 4.00.